The van der Waals surface area contributed by atoms with Crippen molar-refractivity contribution in [3.8, 4) is 0 Å². The summed E-state index contributed by atoms with van der Waals surface area (Å²) in [4.78, 5) is 0. The number of hydrogen-bond acceptors (Lipinski definition) is 0. The summed E-state index contributed by atoms with van der Waals surface area (Å²) in [6.45, 7) is 4.55. The second-order valence-electron chi connectivity index (χ2n) is 4.61. The summed E-state index contributed by atoms with van der Waals surface area (Å²) < 4.78 is 14.2. The normalized spacial score (nSPS) is 12.5. The second kappa shape index (κ2) is 10.9. The Bertz CT molecular complexity index is 164. The van der Waals surface area contributed by atoms with Crippen molar-refractivity contribution in [2.75, 3.05) is 0 Å². The van der Waals surface area contributed by atoms with Crippen LogP contribution in [0.5, 0.6) is 0 Å². The van der Waals surface area contributed by atoms with Gasteiger partial charge in [0.05, 0.1) is 0 Å². The number of allylic oxidation sites excluding steroid dienone is 1. The van der Waals surface area contributed by atoms with E-state index in [9.17, 15) is 4.39 Å². The lowest BCUT2D eigenvalue weighted by Gasteiger charge is -2.04. The SMILES string of the molecule is CC(C)CCCCCCCC/C(F)=C\I. The van der Waals surface area contributed by atoms with Gasteiger partial charge in [-0.1, -0.05) is 75.0 Å². The summed E-state index contributed by atoms with van der Waals surface area (Å²) in [7, 11) is 0. The van der Waals surface area contributed by atoms with Crippen LogP contribution in [0, 0.1) is 5.92 Å². The maximum atomic E-state index is 12.7. The first kappa shape index (κ1) is 15.4. The van der Waals surface area contributed by atoms with Crippen molar-refractivity contribution < 1.29 is 4.39 Å². The molecule has 0 aromatic carbocycles. The summed E-state index contributed by atoms with van der Waals surface area (Å²) in [5.74, 6) is 0.878. The predicted octanol–water partition coefficient (Wildman–Crippen LogP) is 6.01. The zero-order chi connectivity index (χ0) is 11.5. The van der Waals surface area contributed by atoms with Crippen LogP contribution in [0.15, 0.2) is 9.91 Å². The van der Waals surface area contributed by atoms with E-state index < -0.39 is 0 Å². The Balaban J connectivity index is 3.05. The number of halogens is 2. The molecule has 0 aromatic heterocycles. The summed E-state index contributed by atoms with van der Waals surface area (Å²) in [5.41, 5.74) is 0. The molecule has 0 bridgehead atoms. The molecule has 0 aliphatic heterocycles. The molecule has 0 amide bonds. The molecule has 2 heteroatoms. The van der Waals surface area contributed by atoms with E-state index in [0.29, 0.717) is 6.42 Å². The molecule has 0 N–H and O–H groups in total. The molecule has 0 saturated carbocycles. The van der Waals surface area contributed by atoms with E-state index in [4.69, 9.17) is 0 Å². The predicted molar refractivity (Wildman–Crippen MR) is 75.0 cm³/mol. The van der Waals surface area contributed by atoms with Crippen molar-refractivity contribution in [2.45, 2.75) is 65.2 Å². The van der Waals surface area contributed by atoms with Crippen LogP contribution < -0.4 is 0 Å². The van der Waals surface area contributed by atoms with Crippen LogP contribution >= 0.6 is 22.6 Å². The van der Waals surface area contributed by atoms with E-state index in [0.717, 1.165) is 12.3 Å². The standard InChI is InChI=1S/C13H24FI/c1-12(2)9-7-5-3-4-6-8-10-13(14)11-15/h11-12H,3-10H2,1-2H3/b13-11+. The van der Waals surface area contributed by atoms with Gasteiger partial charge in [-0.2, -0.15) is 0 Å². The lowest BCUT2D eigenvalue weighted by Crippen LogP contribution is -1.87. The van der Waals surface area contributed by atoms with Gasteiger partial charge in [0.2, 0.25) is 0 Å². The Labute approximate surface area is 108 Å². The molecule has 15 heavy (non-hydrogen) atoms. The van der Waals surface area contributed by atoms with E-state index in [1.165, 1.54) is 38.5 Å². The van der Waals surface area contributed by atoms with Gasteiger partial charge in [-0.15, -0.1) is 0 Å². The van der Waals surface area contributed by atoms with Gasteiger partial charge >= 0.3 is 0 Å². The summed E-state index contributed by atoms with van der Waals surface area (Å²) in [6.07, 6.45) is 9.48. The third-order valence-electron chi connectivity index (χ3n) is 2.57. The lowest BCUT2D eigenvalue weighted by molar-refractivity contribution is 0.504. The third kappa shape index (κ3) is 12.3. The van der Waals surface area contributed by atoms with Crippen molar-refractivity contribution in [3.63, 3.8) is 0 Å². The second-order valence-corrected chi connectivity index (χ2v) is 5.23. The minimum Gasteiger partial charge on any atom is -0.211 e. The van der Waals surface area contributed by atoms with Gasteiger partial charge in [0, 0.05) is 4.08 Å². The Morgan fingerprint density at radius 2 is 1.60 bits per heavy atom. The first-order valence-corrected chi connectivity index (χ1v) is 7.36. The van der Waals surface area contributed by atoms with Gasteiger partial charge in [0.1, 0.15) is 5.83 Å². The number of rotatable bonds is 9. The van der Waals surface area contributed by atoms with Gasteiger partial charge in [-0.25, -0.2) is 4.39 Å². The Hall–Kier alpha value is 0.400. The smallest absolute Gasteiger partial charge is 0.106 e. The molecule has 0 heterocycles. The fourth-order valence-corrected chi connectivity index (χ4v) is 1.92. The fraction of sp³-hybridized carbons (Fsp3) is 0.846. The van der Waals surface area contributed by atoms with Crippen LogP contribution in [0.3, 0.4) is 0 Å². The highest BCUT2D eigenvalue weighted by Gasteiger charge is 1.96. The van der Waals surface area contributed by atoms with Crippen molar-refractivity contribution in [1.29, 1.82) is 0 Å². The molecular formula is C13H24FI. The van der Waals surface area contributed by atoms with E-state index >= 15 is 0 Å². The van der Waals surface area contributed by atoms with Gasteiger partial charge in [-0.05, 0) is 18.8 Å². The van der Waals surface area contributed by atoms with E-state index in [1.54, 1.807) is 4.08 Å². The molecule has 0 aromatic rings. The Morgan fingerprint density at radius 1 is 1.07 bits per heavy atom. The van der Waals surface area contributed by atoms with Crippen molar-refractivity contribution in [2.24, 2.45) is 5.92 Å². The average molecular weight is 326 g/mol. The van der Waals surface area contributed by atoms with Crippen molar-refractivity contribution in [1.82, 2.24) is 0 Å². The molecule has 0 atom stereocenters. The maximum absolute atomic E-state index is 12.7. The van der Waals surface area contributed by atoms with Crippen LogP contribution in [0.1, 0.15) is 65.2 Å². The zero-order valence-electron chi connectivity index (χ0n) is 10.1. The number of hydrogen-bond donors (Lipinski definition) is 0. The molecule has 0 unspecified atom stereocenters. The molecule has 0 aliphatic carbocycles. The van der Waals surface area contributed by atoms with Crippen molar-refractivity contribution >= 4 is 22.6 Å². The van der Waals surface area contributed by atoms with Crippen LogP contribution in [0.4, 0.5) is 4.39 Å². The fourth-order valence-electron chi connectivity index (χ4n) is 1.61. The molecule has 0 radical (unpaired) electrons. The Kier molecular flexibility index (Phi) is 11.2. The van der Waals surface area contributed by atoms with E-state index in [-0.39, 0.29) is 5.83 Å². The molecule has 0 fully saturated rings. The van der Waals surface area contributed by atoms with Gasteiger partial charge in [-0.3, -0.25) is 0 Å². The average Bonchev–Trinajstić information content (AvgIpc) is 2.21. The molecule has 0 saturated heterocycles. The third-order valence-corrected chi connectivity index (χ3v) is 3.24. The summed E-state index contributed by atoms with van der Waals surface area (Å²) in [6, 6.07) is 0. The summed E-state index contributed by atoms with van der Waals surface area (Å²) in [5, 5.41) is 0. The first-order chi connectivity index (χ1) is 7.16. The molecule has 0 nitrogen and oxygen atoms in total. The highest BCUT2D eigenvalue weighted by atomic mass is 127. The van der Waals surface area contributed by atoms with Crippen LogP contribution in [-0.4, -0.2) is 0 Å². The van der Waals surface area contributed by atoms with Crippen LogP contribution in [0.2, 0.25) is 0 Å². The van der Waals surface area contributed by atoms with Crippen molar-refractivity contribution in [3.05, 3.63) is 9.91 Å². The van der Waals surface area contributed by atoms with E-state index in [2.05, 4.69) is 13.8 Å². The van der Waals surface area contributed by atoms with Crippen LogP contribution in [0.25, 0.3) is 0 Å². The molecule has 0 rings (SSSR count). The maximum Gasteiger partial charge on any atom is 0.106 e. The molecule has 0 aliphatic rings. The Morgan fingerprint density at radius 3 is 2.13 bits per heavy atom. The largest absolute Gasteiger partial charge is 0.211 e. The quantitative estimate of drug-likeness (QED) is 0.359. The van der Waals surface area contributed by atoms with Gasteiger partial charge in [0.15, 0.2) is 0 Å². The first-order valence-electron chi connectivity index (χ1n) is 6.11. The molecule has 90 valence electrons. The number of unbranched alkanes of at least 4 members (excludes halogenated alkanes) is 5. The van der Waals surface area contributed by atoms with Gasteiger partial charge < -0.3 is 0 Å². The molecular weight excluding hydrogens is 302 g/mol. The lowest BCUT2D eigenvalue weighted by atomic mass is 10.0. The van der Waals surface area contributed by atoms with E-state index in [1.807, 2.05) is 22.6 Å². The van der Waals surface area contributed by atoms with Crippen LogP contribution in [-0.2, 0) is 0 Å². The zero-order valence-corrected chi connectivity index (χ0v) is 12.2. The highest BCUT2D eigenvalue weighted by Crippen LogP contribution is 2.15. The summed E-state index contributed by atoms with van der Waals surface area (Å²) >= 11 is 1.96. The minimum atomic E-state index is 0.0374. The highest BCUT2D eigenvalue weighted by molar-refractivity contribution is 14.1. The minimum absolute atomic E-state index is 0.0374. The monoisotopic (exact) mass is 326 g/mol. The molecule has 0 spiro atoms. The van der Waals surface area contributed by atoms with Gasteiger partial charge in [0.25, 0.3) is 0 Å². The topological polar surface area (TPSA) is 0 Å².